The fourth-order valence-electron chi connectivity index (χ4n) is 4.49. The Morgan fingerprint density at radius 2 is 1.88 bits per heavy atom. The van der Waals surface area contributed by atoms with E-state index in [1.165, 1.54) is 29.2 Å². The van der Waals surface area contributed by atoms with Gasteiger partial charge in [-0.2, -0.15) is 0 Å². The van der Waals surface area contributed by atoms with Crippen LogP contribution in [0.1, 0.15) is 48.7 Å². The van der Waals surface area contributed by atoms with E-state index in [0.29, 0.717) is 5.92 Å². The first kappa shape index (κ1) is 25.5. The van der Waals surface area contributed by atoms with Gasteiger partial charge in [-0.05, 0) is 69.0 Å². The van der Waals surface area contributed by atoms with Gasteiger partial charge in [-0.25, -0.2) is 4.98 Å². The number of hydrogen-bond acceptors (Lipinski definition) is 4. The van der Waals surface area contributed by atoms with Crippen LogP contribution in [0, 0.1) is 19.8 Å². The van der Waals surface area contributed by atoms with Crippen LogP contribution in [0.25, 0.3) is 10.8 Å². The van der Waals surface area contributed by atoms with Crippen LogP contribution < -0.4 is 10.6 Å². The Morgan fingerprint density at radius 3 is 2.58 bits per heavy atom. The summed E-state index contributed by atoms with van der Waals surface area (Å²) in [6.07, 6.45) is 2.34. The van der Waals surface area contributed by atoms with E-state index < -0.39 is 0 Å². The molecule has 33 heavy (non-hydrogen) atoms. The SMILES string of the molecule is CN=C(NCC1CCN(Cc2nc(C)c(C)o2)CC1)NC(C)c1cccc2ccccc12.I. The third-order valence-corrected chi connectivity index (χ3v) is 6.56. The highest BCUT2D eigenvalue weighted by Gasteiger charge is 2.21. The molecule has 4 rings (SSSR count). The van der Waals surface area contributed by atoms with Crippen LogP contribution in [0.5, 0.6) is 0 Å². The van der Waals surface area contributed by atoms with Gasteiger partial charge >= 0.3 is 0 Å². The van der Waals surface area contributed by atoms with Gasteiger partial charge in [-0.1, -0.05) is 42.5 Å². The first-order valence-corrected chi connectivity index (χ1v) is 11.6. The van der Waals surface area contributed by atoms with Crippen LogP contribution in [0.2, 0.25) is 0 Å². The van der Waals surface area contributed by atoms with Crippen LogP contribution >= 0.6 is 24.0 Å². The molecule has 0 amide bonds. The molecule has 2 heterocycles. The predicted molar refractivity (Wildman–Crippen MR) is 146 cm³/mol. The molecule has 2 N–H and O–H groups in total. The van der Waals surface area contributed by atoms with E-state index in [0.717, 1.165) is 49.5 Å². The summed E-state index contributed by atoms with van der Waals surface area (Å²) in [5, 5.41) is 9.68. The number of benzene rings is 2. The Morgan fingerprint density at radius 1 is 1.15 bits per heavy atom. The molecule has 0 saturated carbocycles. The largest absolute Gasteiger partial charge is 0.444 e. The molecular formula is C26H36IN5O. The smallest absolute Gasteiger partial charge is 0.208 e. The summed E-state index contributed by atoms with van der Waals surface area (Å²) >= 11 is 0. The van der Waals surface area contributed by atoms with E-state index in [1.54, 1.807) is 0 Å². The molecule has 1 unspecified atom stereocenters. The van der Waals surface area contributed by atoms with E-state index in [-0.39, 0.29) is 30.0 Å². The quantitative estimate of drug-likeness (QED) is 0.246. The minimum absolute atomic E-state index is 0. The third-order valence-electron chi connectivity index (χ3n) is 6.56. The van der Waals surface area contributed by atoms with E-state index in [4.69, 9.17) is 4.42 Å². The first-order chi connectivity index (χ1) is 15.5. The van der Waals surface area contributed by atoms with Crippen molar-refractivity contribution >= 4 is 40.7 Å². The molecule has 1 aromatic heterocycles. The highest BCUT2D eigenvalue weighted by molar-refractivity contribution is 14.0. The second-order valence-corrected chi connectivity index (χ2v) is 8.86. The summed E-state index contributed by atoms with van der Waals surface area (Å²) in [5.74, 6) is 3.27. The molecule has 1 saturated heterocycles. The minimum Gasteiger partial charge on any atom is -0.444 e. The average Bonchev–Trinajstić information content (AvgIpc) is 3.13. The Hall–Kier alpha value is -2.13. The number of aryl methyl sites for hydroxylation is 2. The van der Waals surface area contributed by atoms with E-state index in [2.05, 4.69) is 74.9 Å². The molecule has 178 valence electrons. The van der Waals surface area contributed by atoms with Gasteiger partial charge in [0.25, 0.3) is 0 Å². The lowest BCUT2D eigenvalue weighted by Gasteiger charge is -2.31. The lowest BCUT2D eigenvalue weighted by atomic mass is 9.97. The second kappa shape index (κ2) is 11.8. The number of halogens is 1. The number of rotatable bonds is 6. The molecule has 3 aromatic rings. The van der Waals surface area contributed by atoms with Crippen molar-refractivity contribution in [2.24, 2.45) is 10.9 Å². The van der Waals surface area contributed by atoms with Crippen molar-refractivity contribution in [2.45, 2.75) is 46.2 Å². The fraction of sp³-hybridized carbons (Fsp3) is 0.462. The van der Waals surface area contributed by atoms with Gasteiger partial charge in [-0.15, -0.1) is 24.0 Å². The van der Waals surface area contributed by atoms with Gasteiger partial charge in [0.15, 0.2) is 5.96 Å². The van der Waals surface area contributed by atoms with Crippen molar-refractivity contribution < 1.29 is 4.42 Å². The Bertz CT molecular complexity index is 1050. The third kappa shape index (κ3) is 6.47. The average molecular weight is 562 g/mol. The summed E-state index contributed by atoms with van der Waals surface area (Å²) in [4.78, 5) is 11.4. The van der Waals surface area contributed by atoms with Gasteiger partial charge in [0, 0.05) is 13.6 Å². The lowest BCUT2D eigenvalue weighted by Crippen LogP contribution is -2.43. The van der Waals surface area contributed by atoms with Crippen LogP contribution in [-0.2, 0) is 6.54 Å². The Balaban J connectivity index is 0.00000306. The zero-order valence-corrected chi connectivity index (χ0v) is 22.4. The first-order valence-electron chi connectivity index (χ1n) is 11.6. The number of nitrogens with zero attached hydrogens (tertiary/aromatic N) is 3. The van der Waals surface area contributed by atoms with Gasteiger partial charge in [0.05, 0.1) is 18.3 Å². The molecule has 1 atom stereocenters. The standard InChI is InChI=1S/C26H35N5O.HI/c1-18-20(3)32-25(29-18)17-31-14-12-21(13-15-31)16-28-26(27-4)30-19(2)23-11-7-9-22-8-5-6-10-24(22)23;/h5-11,19,21H,12-17H2,1-4H3,(H2,27,28,30);1H. The highest BCUT2D eigenvalue weighted by Crippen LogP contribution is 2.24. The molecule has 0 radical (unpaired) electrons. The van der Waals surface area contributed by atoms with Gasteiger partial charge < -0.3 is 15.1 Å². The number of nitrogens with one attached hydrogen (secondary N) is 2. The normalized spacial score (nSPS) is 16.4. The maximum absolute atomic E-state index is 5.75. The van der Waals surface area contributed by atoms with Crippen molar-refractivity contribution in [3.63, 3.8) is 0 Å². The van der Waals surface area contributed by atoms with Crippen LogP contribution in [0.15, 0.2) is 51.9 Å². The topological polar surface area (TPSA) is 65.7 Å². The van der Waals surface area contributed by atoms with E-state index in [9.17, 15) is 0 Å². The summed E-state index contributed by atoms with van der Waals surface area (Å²) in [7, 11) is 1.84. The zero-order chi connectivity index (χ0) is 22.5. The molecule has 1 fully saturated rings. The number of hydrogen-bond donors (Lipinski definition) is 2. The molecule has 2 aromatic carbocycles. The number of oxazole rings is 1. The maximum atomic E-state index is 5.75. The van der Waals surface area contributed by atoms with Crippen molar-refractivity contribution in [2.75, 3.05) is 26.7 Å². The molecule has 0 spiro atoms. The van der Waals surface area contributed by atoms with Crippen molar-refractivity contribution in [3.05, 3.63) is 65.4 Å². The van der Waals surface area contributed by atoms with Crippen LogP contribution in [0.4, 0.5) is 0 Å². The fourth-order valence-corrected chi connectivity index (χ4v) is 4.49. The summed E-state index contributed by atoms with van der Waals surface area (Å²) in [6, 6.07) is 15.2. The number of fused-ring (bicyclic) bond motifs is 1. The minimum atomic E-state index is 0. The van der Waals surface area contributed by atoms with Crippen molar-refractivity contribution in [1.29, 1.82) is 0 Å². The number of likely N-dealkylation sites (tertiary alicyclic amines) is 1. The van der Waals surface area contributed by atoms with Gasteiger partial charge in [0.1, 0.15) is 5.76 Å². The number of aromatic nitrogens is 1. The molecule has 7 heteroatoms. The Kier molecular flexibility index (Phi) is 9.14. The summed E-state index contributed by atoms with van der Waals surface area (Å²) < 4.78 is 5.75. The maximum Gasteiger partial charge on any atom is 0.208 e. The van der Waals surface area contributed by atoms with Crippen LogP contribution in [-0.4, -0.2) is 42.5 Å². The number of guanidine groups is 1. The summed E-state index contributed by atoms with van der Waals surface area (Å²) in [6.45, 7) is 10.1. The monoisotopic (exact) mass is 561 g/mol. The zero-order valence-electron chi connectivity index (χ0n) is 20.1. The van der Waals surface area contributed by atoms with Crippen LogP contribution in [0.3, 0.4) is 0 Å². The van der Waals surface area contributed by atoms with Crippen molar-refractivity contribution in [3.8, 4) is 0 Å². The van der Waals surface area contributed by atoms with Gasteiger partial charge in [0.2, 0.25) is 5.89 Å². The highest BCUT2D eigenvalue weighted by atomic mass is 127. The van der Waals surface area contributed by atoms with E-state index in [1.807, 2.05) is 20.9 Å². The Labute approximate surface area is 214 Å². The number of aliphatic imine (C=N–C) groups is 1. The summed E-state index contributed by atoms with van der Waals surface area (Å²) in [5.41, 5.74) is 2.28. The second-order valence-electron chi connectivity index (χ2n) is 8.86. The number of piperidine rings is 1. The lowest BCUT2D eigenvalue weighted by molar-refractivity contribution is 0.164. The molecule has 6 nitrogen and oxygen atoms in total. The van der Waals surface area contributed by atoms with Gasteiger partial charge in [-0.3, -0.25) is 9.89 Å². The molecule has 0 aliphatic carbocycles. The molecule has 1 aliphatic rings. The molecule has 1 aliphatic heterocycles. The van der Waals surface area contributed by atoms with Crippen molar-refractivity contribution in [1.82, 2.24) is 20.5 Å². The molecular weight excluding hydrogens is 525 g/mol. The predicted octanol–water partition coefficient (Wildman–Crippen LogP) is 5.20. The molecule has 0 bridgehead atoms. The van der Waals surface area contributed by atoms with E-state index >= 15 is 0 Å².